The van der Waals surface area contributed by atoms with Crippen molar-refractivity contribution < 1.29 is 62.6 Å². The van der Waals surface area contributed by atoms with Crippen molar-refractivity contribution in [3.8, 4) is 10.4 Å². The van der Waals surface area contributed by atoms with Gasteiger partial charge in [0.2, 0.25) is 35.4 Å². The highest BCUT2D eigenvalue weighted by Gasteiger charge is 2.46. The molecule has 1 unspecified atom stereocenters. The summed E-state index contributed by atoms with van der Waals surface area (Å²) in [4.78, 5) is 139. The van der Waals surface area contributed by atoms with E-state index in [2.05, 4.69) is 31.2 Å². The van der Waals surface area contributed by atoms with E-state index in [0.717, 1.165) is 54.7 Å². The third-order valence-electron chi connectivity index (χ3n) is 16.8. The number of hydrogen-bond donors (Lipinski definition) is 9. The number of aryl methyl sites for hydroxylation is 3. The summed E-state index contributed by atoms with van der Waals surface area (Å²) in [6.45, 7) is 9.53. The van der Waals surface area contributed by atoms with Crippen LogP contribution in [-0.4, -0.2) is 126 Å². The molecule has 3 aliphatic heterocycles. The van der Waals surface area contributed by atoms with Gasteiger partial charge in [0.05, 0.1) is 46.6 Å². The lowest BCUT2D eigenvalue weighted by Gasteiger charge is -2.35. The van der Waals surface area contributed by atoms with Gasteiger partial charge in [-0.25, -0.2) is 4.98 Å². The number of H-pyrrole nitrogens is 1. The molecule has 466 valence electrons. The molecule has 1 fully saturated rings. The lowest BCUT2D eigenvalue weighted by Crippen LogP contribution is -2.57. The molecule has 3 aliphatic rings. The molecule has 89 heavy (non-hydrogen) atoms. The summed E-state index contributed by atoms with van der Waals surface area (Å²) in [5.74, 6) is -3.46. The average Bonchev–Trinajstić information content (AvgIpc) is 2.21. The van der Waals surface area contributed by atoms with E-state index in [0.29, 0.717) is 29.4 Å². The van der Waals surface area contributed by atoms with Crippen molar-refractivity contribution in [1.82, 2.24) is 36.1 Å². The Morgan fingerprint density at radius 1 is 0.854 bits per heavy atom. The van der Waals surface area contributed by atoms with Gasteiger partial charge in [-0.1, -0.05) is 93.6 Å². The van der Waals surface area contributed by atoms with Crippen molar-refractivity contribution in [2.24, 2.45) is 11.1 Å². The smallest absolute Gasteiger partial charge is 0.391 e. The molecule has 0 saturated carbocycles. The Bertz CT molecular complexity index is 3970. The molecular weight excluding hydrogens is 1180 g/mol. The van der Waals surface area contributed by atoms with E-state index in [9.17, 15) is 57.8 Å². The Morgan fingerprint density at radius 2 is 1.57 bits per heavy atom. The maximum absolute atomic E-state index is 14.6. The van der Waals surface area contributed by atoms with Crippen LogP contribution in [0.3, 0.4) is 0 Å². The molecule has 7 amide bonds. The second kappa shape index (κ2) is 26.3. The number of anilines is 1. The Balaban J connectivity index is 0.751. The molecule has 1 saturated heterocycles. The lowest BCUT2D eigenvalue weighted by atomic mass is 9.85. The molecule has 2 aromatic heterocycles. The van der Waals surface area contributed by atoms with Crippen LogP contribution < -0.4 is 31.9 Å². The van der Waals surface area contributed by atoms with Gasteiger partial charge in [0.25, 0.3) is 11.4 Å². The van der Waals surface area contributed by atoms with Crippen molar-refractivity contribution in [1.29, 1.82) is 0 Å². The number of benzene rings is 5. The van der Waals surface area contributed by atoms with Crippen molar-refractivity contribution >= 4 is 93.2 Å². The van der Waals surface area contributed by atoms with Crippen LogP contribution in [0.4, 0.5) is 5.69 Å². The first-order chi connectivity index (χ1) is 42.3. The third kappa shape index (κ3) is 14.5. The minimum Gasteiger partial charge on any atom is -0.391 e. The summed E-state index contributed by atoms with van der Waals surface area (Å²) in [5, 5.41) is 24.7. The summed E-state index contributed by atoms with van der Waals surface area (Å²) < 4.78 is 18.0. The van der Waals surface area contributed by atoms with Crippen molar-refractivity contribution in [3.05, 3.63) is 153 Å². The second-order valence-corrected chi connectivity index (χ2v) is 26.7. The molecule has 24 heteroatoms. The maximum atomic E-state index is 14.6. The summed E-state index contributed by atoms with van der Waals surface area (Å²) in [7, 11) is -5.06. The van der Waals surface area contributed by atoms with E-state index >= 15 is 0 Å². The number of nitrogens with two attached hydrogens (primary N) is 1. The molecule has 7 aromatic rings. The van der Waals surface area contributed by atoms with Gasteiger partial charge in [-0.3, -0.25) is 47.8 Å². The van der Waals surface area contributed by atoms with Gasteiger partial charge in [0, 0.05) is 55.2 Å². The number of primary amides is 1. The molecule has 10 rings (SSSR count). The van der Waals surface area contributed by atoms with E-state index in [1.54, 1.807) is 23.8 Å². The fourth-order valence-electron chi connectivity index (χ4n) is 12.0. The largest absolute Gasteiger partial charge is 0.396 e. The highest BCUT2D eigenvalue weighted by atomic mass is 32.1. The molecule has 7 atom stereocenters. The lowest BCUT2D eigenvalue weighted by molar-refractivity contribution is -0.144. The molecule has 5 heterocycles. The SMILES string of the molecule is Cc1ncsc1-c1ccc(CNC(=O)[C@@H]2C[C@@H](O)CN2C(=O)[C@@H](NC(=O)CCc2ccc3ccc(CO[C@H](C)[C@H](CCC(N)=O)NC(=O)C4Cc5cccc6c5N4C(=O)[C@@H](NC(=O)c4cc5cc(C(=O)P(=O)(O)O)ccc5[nH]4)CC6)cc3c2)C(C)(C)C)cc1. The molecule has 10 N–H and O–H groups in total. The van der Waals surface area contributed by atoms with E-state index in [4.69, 9.17) is 10.5 Å². The van der Waals surface area contributed by atoms with E-state index in [-0.39, 0.29) is 75.4 Å². The number of hydrogen-bond acceptors (Lipinski definition) is 13. The average molecular weight is 1250 g/mol. The summed E-state index contributed by atoms with van der Waals surface area (Å²) >= 11 is 1.56. The molecule has 5 aromatic carbocycles. The number of para-hydroxylation sites is 1. The number of carbonyl (C=O) groups is 8. The molecule has 0 spiro atoms. The number of rotatable bonds is 22. The normalized spacial score (nSPS) is 18.4. The number of nitrogens with zero attached hydrogens (tertiary/aromatic N) is 3. The Morgan fingerprint density at radius 3 is 2.28 bits per heavy atom. The van der Waals surface area contributed by atoms with Crippen LogP contribution >= 0.6 is 18.9 Å². The number of nitrogens with one attached hydrogen (secondary N) is 5. The highest BCUT2D eigenvalue weighted by Crippen LogP contribution is 2.41. The third-order valence-corrected chi connectivity index (χ3v) is 18.6. The number of thiazole rings is 1. The molecular formula is C65H72N9O13PS. The highest BCUT2D eigenvalue weighted by molar-refractivity contribution is 7.70. The first-order valence-electron chi connectivity index (χ1n) is 29.5. The van der Waals surface area contributed by atoms with Crippen LogP contribution in [0.1, 0.15) is 114 Å². The van der Waals surface area contributed by atoms with Gasteiger partial charge in [-0.2, -0.15) is 0 Å². The standard InChI is InChI=1S/C65H72N9O13PS/c1-35-57(89-34-68-35)42-16-10-38(11-17-42)31-67-60(79)52-30-47(75)32-73(52)63(82)58(65(3,4)5)72-55(77)24-13-37-9-14-40-15-12-39(26-45(40)25-37)33-87-36(2)48(22-23-54(66)76)70-61(80)53-29-43-8-6-7-41-18-21-50(62(81)74(53)56(41)43)71-59(78)51-28-46-27-44(19-20-49(46)69-51)64(83)88(84,85)86/h6-12,14-17,19-20,25-28,34,36,47-48,50,52-53,58,69,75H,13,18,21-24,29-33H2,1-5H3,(H2,66,76)(H,67,79)(H,70,80)(H,71,78)(H,72,77)(H2,84,85,86)/t36-,47-,48+,50+,52+,53?,58-/m1/s1. The van der Waals surface area contributed by atoms with Crippen LogP contribution in [0.2, 0.25) is 0 Å². The van der Waals surface area contributed by atoms with Gasteiger partial charge in [0.15, 0.2) is 0 Å². The van der Waals surface area contributed by atoms with Gasteiger partial charge < -0.3 is 56.5 Å². The van der Waals surface area contributed by atoms with Crippen LogP contribution in [-0.2, 0) is 70.5 Å². The summed E-state index contributed by atoms with van der Waals surface area (Å²) in [6.07, 6.45) is -0.271. The molecule has 0 bridgehead atoms. The van der Waals surface area contributed by atoms with Crippen LogP contribution in [0, 0.1) is 12.3 Å². The zero-order valence-electron chi connectivity index (χ0n) is 49.9. The van der Waals surface area contributed by atoms with Crippen LogP contribution in [0.5, 0.6) is 0 Å². The van der Waals surface area contributed by atoms with E-state index < -0.39 is 96.4 Å². The number of fused-ring (bicyclic) bond motifs is 2. The fraction of sp³-hybridized carbons (Fsp3) is 0.369. The zero-order valence-corrected chi connectivity index (χ0v) is 51.6. The first kappa shape index (κ1) is 63.6. The number of β-amino-alcohol motifs (C(OH)–C–C–N with tert-alkyl or cyclic N) is 1. The van der Waals surface area contributed by atoms with Gasteiger partial charge in [0.1, 0.15) is 29.9 Å². The number of aliphatic hydroxyl groups is 1. The van der Waals surface area contributed by atoms with E-state index in [1.165, 1.54) is 34.1 Å². The minimum atomic E-state index is -5.06. The number of carbonyl (C=O) groups excluding carboxylic acids is 8. The Hall–Kier alpha value is -8.44. The summed E-state index contributed by atoms with van der Waals surface area (Å²) in [5.41, 5.74) is 12.2. The molecule has 0 aliphatic carbocycles. The van der Waals surface area contributed by atoms with Crippen molar-refractivity contribution in [3.63, 3.8) is 0 Å². The number of aromatic nitrogens is 2. The summed E-state index contributed by atoms with van der Waals surface area (Å²) in [6, 6.07) is 25.7. The van der Waals surface area contributed by atoms with Gasteiger partial charge >= 0.3 is 7.60 Å². The van der Waals surface area contributed by atoms with E-state index in [1.807, 2.05) is 107 Å². The van der Waals surface area contributed by atoms with Crippen LogP contribution in [0.25, 0.3) is 32.1 Å². The van der Waals surface area contributed by atoms with Crippen LogP contribution in [0.15, 0.2) is 109 Å². The second-order valence-electron chi connectivity index (χ2n) is 24.3. The molecule has 0 radical (unpaired) electrons. The zero-order chi connectivity index (χ0) is 63.6. The Labute approximate surface area is 517 Å². The van der Waals surface area contributed by atoms with Gasteiger partial charge in [-0.15, -0.1) is 11.3 Å². The number of likely N-dealkylation sites (tertiary alicyclic amines) is 1. The first-order valence-corrected chi connectivity index (χ1v) is 32.0. The fourth-order valence-corrected chi connectivity index (χ4v) is 13.3. The Kier molecular flexibility index (Phi) is 18.8. The molecule has 22 nitrogen and oxygen atoms in total. The predicted octanol–water partition coefficient (Wildman–Crippen LogP) is 6.17. The topological polar surface area (TPSA) is 333 Å². The quantitative estimate of drug-likeness (QED) is 0.0343. The number of ether oxygens (including phenoxy) is 1. The van der Waals surface area contributed by atoms with Gasteiger partial charge in [-0.05, 0) is 119 Å². The minimum absolute atomic E-state index is 0.0315. The predicted molar refractivity (Wildman–Crippen MR) is 334 cm³/mol. The van der Waals surface area contributed by atoms with Crippen molar-refractivity contribution in [2.45, 2.75) is 142 Å². The number of aromatic amines is 1. The number of amides is 7. The maximum Gasteiger partial charge on any atom is 0.396 e. The monoisotopic (exact) mass is 1250 g/mol. The van der Waals surface area contributed by atoms with Crippen molar-refractivity contribution in [2.75, 3.05) is 11.4 Å². The number of aliphatic hydroxyl groups excluding tert-OH is 1.